The standard InChI is InChI=1S/C27H32N2O9S3.3Na/c1-26(2)20-16-18(39-38-37-30)10-12-22(20)28-24(26)8-7-9-25-27(3,4)21-17-19(41(34,35)36)11-13-23(21)29(25)14-5-6-15-40(31,32)33;;;/h7-13,16-17H,5-6,14-15H2,1-4H3,(H3,30,31,32,33,34,35,36);;;/q;3*+1/p-2. The van der Waals surface area contributed by atoms with E-state index >= 15 is 0 Å². The fourth-order valence-corrected chi connectivity index (χ4v) is 6.74. The first-order chi connectivity index (χ1) is 19.1. The molecular formula is C27H30N2Na3O9S3+. The molecule has 0 radical (unpaired) electrons. The Morgan fingerprint density at radius 1 is 0.932 bits per heavy atom. The average Bonchev–Trinajstić information content (AvgIpc) is 3.25. The zero-order chi connectivity index (χ0) is 30.2. The van der Waals surface area contributed by atoms with Gasteiger partial charge in [0.1, 0.15) is 16.7 Å². The first-order valence-electron chi connectivity index (χ1n) is 12.7. The van der Waals surface area contributed by atoms with Gasteiger partial charge < -0.3 is 19.7 Å². The molecular weight excluding hydrogens is 661 g/mol. The number of rotatable bonds is 11. The first-order valence-corrected chi connectivity index (χ1v) is 16.4. The summed E-state index contributed by atoms with van der Waals surface area (Å²) in [6, 6.07) is 9.83. The predicted octanol–water partition coefficient (Wildman–Crippen LogP) is -5.62. The van der Waals surface area contributed by atoms with Gasteiger partial charge in [0, 0.05) is 51.6 Å². The van der Waals surface area contributed by atoms with Crippen LogP contribution in [0.2, 0.25) is 0 Å². The van der Waals surface area contributed by atoms with Gasteiger partial charge in [0.15, 0.2) is 5.71 Å². The van der Waals surface area contributed by atoms with Crippen molar-refractivity contribution in [2.45, 2.75) is 61.2 Å². The van der Waals surface area contributed by atoms with Crippen LogP contribution >= 0.6 is 12.0 Å². The number of benzene rings is 2. The molecule has 0 saturated heterocycles. The van der Waals surface area contributed by atoms with E-state index < -0.39 is 36.8 Å². The third-order valence-corrected chi connectivity index (χ3v) is 9.65. The third kappa shape index (κ3) is 9.75. The SMILES string of the molecule is CC1(C)C(=CC=CC2=[N+](CCCCS(=O)(=O)[O-])c3ccc(S(=O)(=O)[O-])cc3C2(C)C)Nc2ccc(SOO[O-])cc21.[Na+].[Na+].[Na+]. The van der Waals surface area contributed by atoms with Crippen LogP contribution in [-0.4, -0.2) is 48.5 Å². The molecule has 0 amide bonds. The number of hydrogen-bond donors (Lipinski definition) is 1. The van der Waals surface area contributed by atoms with Gasteiger partial charge in [0.05, 0.1) is 32.5 Å². The minimum atomic E-state index is -4.67. The molecule has 2 aliphatic rings. The molecule has 2 heterocycles. The molecule has 0 fully saturated rings. The summed E-state index contributed by atoms with van der Waals surface area (Å²) in [7, 11) is -9.01. The molecule has 0 spiro atoms. The summed E-state index contributed by atoms with van der Waals surface area (Å²) in [6.45, 7) is 8.32. The van der Waals surface area contributed by atoms with E-state index in [1.54, 1.807) is 12.1 Å². The van der Waals surface area contributed by atoms with Crippen LogP contribution in [0.5, 0.6) is 0 Å². The van der Waals surface area contributed by atoms with Crippen molar-refractivity contribution in [1.29, 1.82) is 0 Å². The number of fused-ring (bicyclic) bond motifs is 2. The molecule has 0 atom stereocenters. The van der Waals surface area contributed by atoms with Crippen molar-refractivity contribution < 1.29 is 134 Å². The molecule has 0 aliphatic carbocycles. The minimum Gasteiger partial charge on any atom is -0.748 e. The molecule has 0 saturated carbocycles. The Balaban J connectivity index is 0.00000323. The number of unbranched alkanes of at least 4 members (excludes halogenated alkanes) is 1. The van der Waals surface area contributed by atoms with E-state index in [2.05, 4.69) is 28.5 Å². The molecule has 0 unspecified atom stereocenters. The Bertz CT molecular complexity index is 1670. The zero-order valence-corrected chi connectivity index (χ0v) is 34.3. The van der Waals surface area contributed by atoms with Crippen molar-refractivity contribution in [3.05, 3.63) is 71.5 Å². The van der Waals surface area contributed by atoms with Crippen LogP contribution < -0.4 is 99.2 Å². The molecule has 4 rings (SSSR count). The van der Waals surface area contributed by atoms with Crippen LogP contribution in [-0.2, 0) is 40.4 Å². The van der Waals surface area contributed by atoms with Gasteiger partial charge in [0.25, 0.3) is 0 Å². The summed E-state index contributed by atoms with van der Waals surface area (Å²) in [6.07, 6.45) is 6.30. The number of anilines is 1. The summed E-state index contributed by atoms with van der Waals surface area (Å²) < 4.78 is 74.9. The van der Waals surface area contributed by atoms with E-state index in [1.807, 2.05) is 48.8 Å². The topological polar surface area (TPSA) is 171 Å². The molecule has 17 heteroatoms. The average molecular weight is 692 g/mol. The van der Waals surface area contributed by atoms with E-state index in [1.165, 1.54) is 12.1 Å². The van der Waals surface area contributed by atoms with Gasteiger partial charge in [-0.3, -0.25) is 5.04 Å². The number of nitrogens with zero attached hydrogens (tertiary/aromatic N) is 1. The summed E-state index contributed by atoms with van der Waals surface area (Å²) in [5.74, 6) is -0.473. The molecule has 0 bridgehead atoms. The Labute approximate surface area is 329 Å². The quantitative estimate of drug-likeness (QED) is 0.0453. The third-order valence-electron chi connectivity index (χ3n) is 7.46. The summed E-state index contributed by atoms with van der Waals surface area (Å²) in [5, 5.41) is 17.1. The maximum atomic E-state index is 11.7. The Morgan fingerprint density at radius 2 is 1.61 bits per heavy atom. The fourth-order valence-electron chi connectivity index (χ4n) is 5.29. The molecule has 0 aromatic heterocycles. The van der Waals surface area contributed by atoms with Crippen molar-refractivity contribution >= 4 is 49.4 Å². The van der Waals surface area contributed by atoms with Gasteiger partial charge in [-0.2, -0.15) is 8.91 Å². The maximum absolute atomic E-state index is 11.7. The Morgan fingerprint density at radius 3 is 2.23 bits per heavy atom. The molecule has 11 nitrogen and oxygen atoms in total. The fraction of sp³-hybridized carbons (Fsp3) is 0.370. The van der Waals surface area contributed by atoms with Gasteiger partial charge in [0.2, 0.25) is 5.69 Å². The second-order valence-corrected chi connectivity index (χ2v) is 14.6. The zero-order valence-electron chi connectivity index (χ0n) is 25.9. The summed E-state index contributed by atoms with van der Waals surface area (Å²) in [5.41, 5.74) is 3.90. The second-order valence-electron chi connectivity index (χ2n) is 10.9. The molecule has 44 heavy (non-hydrogen) atoms. The summed E-state index contributed by atoms with van der Waals surface area (Å²) >= 11 is 0.816. The van der Waals surface area contributed by atoms with Crippen molar-refractivity contribution in [1.82, 2.24) is 0 Å². The normalized spacial score (nSPS) is 17.4. The second kappa shape index (κ2) is 16.7. The minimum absolute atomic E-state index is 0. The number of nitrogens with one attached hydrogen (secondary N) is 1. The Hall–Kier alpha value is 0.440. The summed E-state index contributed by atoms with van der Waals surface area (Å²) in [4.78, 5) is 0.376. The van der Waals surface area contributed by atoms with Crippen LogP contribution in [0, 0.1) is 0 Å². The van der Waals surface area contributed by atoms with Gasteiger partial charge in [-0.05, 0) is 62.2 Å². The van der Waals surface area contributed by atoms with E-state index in [0.29, 0.717) is 29.1 Å². The van der Waals surface area contributed by atoms with Crippen molar-refractivity contribution in [3.8, 4) is 0 Å². The van der Waals surface area contributed by atoms with Crippen LogP contribution in [0.25, 0.3) is 0 Å². The van der Waals surface area contributed by atoms with Gasteiger partial charge in [-0.25, -0.2) is 16.8 Å². The number of hydrogen-bond acceptors (Lipinski definition) is 11. The van der Waals surface area contributed by atoms with Gasteiger partial charge in [-0.15, -0.1) is 0 Å². The first kappa shape index (κ1) is 42.5. The largest absolute Gasteiger partial charge is 1.00 e. The van der Waals surface area contributed by atoms with Crippen LogP contribution in [0.15, 0.2) is 70.1 Å². The van der Waals surface area contributed by atoms with Gasteiger partial charge in [-0.1, -0.05) is 19.9 Å². The van der Waals surface area contributed by atoms with Crippen LogP contribution in [0.4, 0.5) is 11.4 Å². The molecule has 222 valence electrons. The van der Waals surface area contributed by atoms with E-state index in [4.69, 9.17) is 0 Å². The monoisotopic (exact) mass is 691 g/mol. The smallest absolute Gasteiger partial charge is 0.748 e. The van der Waals surface area contributed by atoms with E-state index in [-0.39, 0.29) is 100.0 Å². The maximum Gasteiger partial charge on any atom is 1.00 e. The molecule has 2 aromatic rings. The molecule has 2 aliphatic heterocycles. The Kier molecular flexibility index (Phi) is 16.1. The van der Waals surface area contributed by atoms with Crippen molar-refractivity contribution in [2.24, 2.45) is 0 Å². The number of allylic oxidation sites excluding steroid dienone is 4. The van der Waals surface area contributed by atoms with Gasteiger partial charge >= 0.3 is 88.7 Å². The van der Waals surface area contributed by atoms with Crippen LogP contribution in [0.3, 0.4) is 0 Å². The predicted molar refractivity (Wildman–Crippen MR) is 149 cm³/mol. The molecule has 1 N–H and O–H groups in total. The van der Waals surface area contributed by atoms with E-state index in [0.717, 1.165) is 34.7 Å². The van der Waals surface area contributed by atoms with E-state index in [9.17, 15) is 31.2 Å². The van der Waals surface area contributed by atoms with Crippen molar-refractivity contribution in [2.75, 3.05) is 17.6 Å². The van der Waals surface area contributed by atoms with Crippen LogP contribution in [0.1, 0.15) is 51.7 Å². The van der Waals surface area contributed by atoms with Crippen molar-refractivity contribution in [3.63, 3.8) is 0 Å². The molecule has 2 aromatic carbocycles.